The van der Waals surface area contributed by atoms with Crippen molar-refractivity contribution in [2.75, 3.05) is 47.5 Å². The molecule has 0 aromatic rings. The Morgan fingerprint density at radius 1 is 0.380 bits per heavy atom. The maximum absolute atomic E-state index is 12.9. The van der Waals surface area contributed by atoms with E-state index in [2.05, 4.69) is 160 Å². The summed E-state index contributed by atoms with van der Waals surface area (Å²) in [7, 11) is 5.90. The Labute approximate surface area is 483 Å². The van der Waals surface area contributed by atoms with Crippen LogP contribution < -0.4 is 5.11 Å². The van der Waals surface area contributed by atoms with E-state index in [4.69, 9.17) is 18.9 Å². The SMILES string of the molecule is CC/C=C\C/C=C\C/C=C\C/C=C\C/C=C\C/C=C\CCCCCCCCCCCCCCCCC(=O)OC(COC(=O)CCCC/C=C\C/C=C\C/C=C\C/C=C\C/C=C\C/C=C\CC)COC(OCC[N+](C)(C)C)C(=O)[O-]. The minimum absolute atomic E-state index is 0.133. The molecule has 0 radical (unpaired) electrons. The number of hydrogen-bond acceptors (Lipinski definition) is 8. The molecule has 0 bridgehead atoms. The van der Waals surface area contributed by atoms with Crippen molar-refractivity contribution in [2.45, 2.75) is 232 Å². The molecule has 79 heavy (non-hydrogen) atoms. The quantitative estimate of drug-likeness (QED) is 0.0195. The van der Waals surface area contributed by atoms with E-state index in [0.717, 1.165) is 109 Å². The molecule has 446 valence electrons. The number of hydrogen-bond donors (Lipinski definition) is 0. The van der Waals surface area contributed by atoms with E-state index in [0.29, 0.717) is 23.9 Å². The van der Waals surface area contributed by atoms with Crippen molar-refractivity contribution < 1.29 is 42.9 Å². The minimum Gasteiger partial charge on any atom is -0.545 e. The Balaban J connectivity index is 4.25. The first-order valence-electron chi connectivity index (χ1n) is 31.0. The Morgan fingerprint density at radius 3 is 1.04 bits per heavy atom. The molecule has 0 spiro atoms. The standard InChI is InChI=1S/C70H113NO8/c1-6-8-10-12-14-16-18-20-22-24-26-28-29-30-31-32-33-34-35-36-37-38-39-41-43-45-47-49-51-53-55-57-59-61-68(73)79-66(65-78-70(69(74)75)76-63-62-71(3,4)5)64-77-67(72)60-58-56-54-52-50-48-46-44-42-40-27-25-23-21-19-17-15-13-11-9-7-2/h8-11,14-17,20-23,26-28,30-31,33-34,40,44,46,50,52,66,70H,6-7,12-13,18-19,24-25,29,32,35-39,41-43,45,47-49,51,53-65H2,1-5H3/b10-8-,11-9-,16-14-,17-15-,22-20-,23-21-,28-26-,31-30-,34-33-,40-27-,46-44-,52-50-. The molecular weight excluding hydrogens is 983 g/mol. The lowest BCUT2D eigenvalue weighted by Gasteiger charge is -2.26. The number of ether oxygens (including phenoxy) is 4. The summed E-state index contributed by atoms with van der Waals surface area (Å²) >= 11 is 0. The number of carboxylic acid groups (broad SMARTS) is 1. The fraction of sp³-hybridized carbons (Fsp3) is 0.614. The number of unbranched alkanes of at least 4 members (excludes halogenated alkanes) is 16. The van der Waals surface area contributed by atoms with Crippen LogP contribution in [0.25, 0.3) is 0 Å². The third-order valence-electron chi connectivity index (χ3n) is 12.6. The first kappa shape index (κ1) is 74.2. The lowest BCUT2D eigenvalue weighted by atomic mass is 10.0. The van der Waals surface area contributed by atoms with Gasteiger partial charge in [0.1, 0.15) is 13.2 Å². The highest BCUT2D eigenvalue weighted by Gasteiger charge is 2.22. The van der Waals surface area contributed by atoms with Crippen LogP contribution in [0.1, 0.15) is 219 Å². The zero-order chi connectivity index (χ0) is 57.6. The molecule has 0 fully saturated rings. The predicted octanol–water partition coefficient (Wildman–Crippen LogP) is 17.5. The summed E-state index contributed by atoms with van der Waals surface area (Å²) in [6.07, 6.45) is 83.4. The number of carbonyl (C=O) groups excluding carboxylic acids is 3. The van der Waals surface area contributed by atoms with Crippen molar-refractivity contribution in [1.29, 1.82) is 0 Å². The van der Waals surface area contributed by atoms with Gasteiger partial charge in [-0.15, -0.1) is 0 Å². The summed E-state index contributed by atoms with van der Waals surface area (Å²) in [4.78, 5) is 37.3. The van der Waals surface area contributed by atoms with Gasteiger partial charge in [0.15, 0.2) is 12.4 Å². The average molecular weight is 1100 g/mol. The van der Waals surface area contributed by atoms with Gasteiger partial charge in [0.2, 0.25) is 0 Å². The smallest absolute Gasteiger partial charge is 0.306 e. The summed E-state index contributed by atoms with van der Waals surface area (Å²) in [5.41, 5.74) is 0. The van der Waals surface area contributed by atoms with Crippen LogP contribution in [-0.4, -0.2) is 82.3 Å². The van der Waals surface area contributed by atoms with Crippen LogP contribution in [0.2, 0.25) is 0 Å². The highest BCUT2D eigenvalue weighted by atomic mass is 16.7. The molecule has 0 aliphatic heterocycles. The van der Waals surface area contributed by atoms with Gasteiger partial charge < -0.3 is 33.3 Å². The first-order valence-corrected chi connectivity index (χ1v) is 31.0. The van der Waals surface area contributed by atoms with Crippen molar-refractivity contribution in [1.82, 2.24) is 0 Å². The Bertz CT molecular complexity index is 1800. The van der Waals surface area contributed by atoms with Crippen molar-refractivity contribution in [3.63, 3.8) is 0 Å². The van der Waals surface area contributed by atoms with E-state index >= 15 is 0 Å². The fourth-order valence-corrected chi connectivity index (χ4v) is 7.90. The summed E-state index contributed by atoms with van der Waals surface area (Å²) in [6.45, 7) is 4.45. The number of allylic oxidation sites excluding steroid dienone is 24. The van der Waals surface area contributed by atoms with Gasteiger partial charge in [-0.05, 0) is 116 Å². The lowest BCUT2D eigenvalue weighted by molar-refractivity contribution is -0.870. The Kier molecular flexibility index (Phi) is 55.7. The van der Waals surface area contributed by atoms with Crippen molar-refractivity contribution in [3.8, 4) is 0 Å². The molecule has 2 unspecified atom stereocenters. The number of likely N-dealkylation sites (N-methyl/N-ethyl adjacent to an activating group) is 1. The van der Waals surface area contributed by atoms with E-state index < -0.39 is 30.3 Å². The number of quaternary nitrogens is 1. The molecule has 0 saturated carbocycles. The van der Waals surface area contributed by atoms with E-state index in [1.165, 1.54) is 70.6 Å². The molecule has 9 heteroatoms. The van der Waals surface area contributed by atoms with Crippen LogP contribution in [0, 0.1) is 0 Å². The Hall–Kier alpha value is -4.83. The molecule has 0 aliphatic rings. The first-order chi connectivity index (χ1) is 38.6. The highest BCUT2D eigenvalue weighted by Crippen LogP contribution is 2.15. The maximum atomic E-state index is 12.9. The van der Waals surface area contributed by atoms with Gasteiger partial charge in [0.25, 0.3) is 0 Å². The van der Waals surface area contributed by atoms with E-state index in [1.807, 2.05) is 21.1 Å². The van der Waals surface area contributed by atoms with Gasteiger partial charge in [-0.25, -0.2) is 0 Å². The Morgan fingerprint density at radius 2 is 0.684 bits per heavy atom. The van der Waals surface area contributed by atoms with Crippen LogP contribution in [-0.2, 0) is 33.3 Å². The number of aliphatic carboxylic acids is 1. The molecule has 0 aromatic carbocycles. The molecule has 0 rings (SSSR count). The number of carbonyl (C=O) groups is 3. The van der Waals surface area contributed by atoms with Gasteiger partial charge >= 0.3 is 11.9 Å². The summed E-state index contributed by atoms with van der Waals surface area (Å²) in [5.74, 6) is -2.36. The van der Waals surface area contributed by atoms with E-state index in [1.54, 1.807) is 0 Å². The summed E-state index contributed by atoms with van der Waals surface area (Å²) < 4.78 is 22.7. The average Bonchev–Trinajstić information content (AvgIpc) is 3.42. The zero-order valence-electron chi connectivity index (χ0n) is 50.7. The predicted molar refractivity (Wildman–Crippen MR) is 333 cm³/mol. The van der Waals surface area contributed by atoms with Crippen LogP contribution >= 0.6 is 0 Å². The molecule has 0 amide bonds. The zero-order valence-corrected chi connectivity index (χ0v) is 50.7. The minimum atomic E-state index is -1.64. The second-order valence-electron chi connectivity index (χ2n) is 21.2. The maximum Gasteiger partial charge on any atom is 0.306 e. The van der Waals surface area contributed by atoms with Crippen LogP contribution in [0.15, 0.2) is 146 Å². The topological polar surface area (TPSA) is 111 Å². The van der Waals surface area contributed by atoms with Gasteiger partial charge in [0.05, 0.1) is 40.3 Å². The molecule has 0 aromatic heterocycles. The van der Waals surface area contributed by atoms with E-state index in [-0.39, 0.29) is 32.7 Å². The van der Waals surface area contributed by atoms with Crippen molar-refractivity contribution >= 4 is 17.9 Å². The van der Waals surface area contributed by atoms with Gasteiger partial charge in [-0.2, -0.15) is 0 Å². The fourth-order valence-electron chi connectivity index (χ4n) is 7.90. The third kappa shape index (κ3) is 60.7. The second kappa shape index (κ2) is 59.3. The van der Waals surface area contributed by atoms with Gasteiger partial charge in [0, 0.05) is 12.8 Å². The van der Waals surface area contributed by atoms with Gasteiger partial charge in [-0.1, -0.05) is 237 Å². The number of nitrogens with zero attached hydrogens (tertiary/aromatic N) is 1. The summed E-state index contributed by atoms with van der Waals surface area (Å²) in [6, 6.07) is 0. The van der Waals surface area contributed by atoms with E-state index in [9.17, 15) is 19.5 Å². The number of esters is 2. The molecule has 0 N–H and O–H groups in total. The van der Waals surface area contributed by atoms with Crippen LogP contribution in [0.5, 0.6) is 0 Å². The molecule has 0 heterocycles. The molecule has 9 nitrogen and oxygen atoms in total. The molecule has 2 atom stereocenters. The third-order valence-corrected chi connectivity index (χ3v) is 12.6. The second-order valence-corrected chi connectivity index (χ2v) is 21.2. The summed E-state index contributed by atoms with van der Waals surface area (Å²) in [5, 5.41) is 11.8. The molecule has 0 saturated heterocycles. The largest absolute Gasteiger partial charge is 0.545 e. The van der Waals surface area contributed by atoms with Crippen molar-refractivity contribution in [3.05, 3.63) is 146 Å². The lowest BCUT2D eigenvalue weighted by Crippen LogP contribution is -2.44. The van der Waals surface area contributed by atoms with Crippen LogP contribution in [0.4, 0.5) is 0 Å². The van der Waals surface area contributed by atoms with Crippen LogP contribution in [0.3, 0.4) is 0 Å². The van der Waals surface area contributed by atoms with Crippen molar-refractivity contribution in [2.24, 2.45) is 0 Å². The molecule has 0 aliphatic carbocycles. The number of carboxylic acids is 1. The number of rotatable bonds is 55. The van der Waals surface area contributed by atoms with Gasteiger partial charge in [-0.3, -0.25) is 9.59 Å². The highest BCUT2D eigenvalue weighted by molar-refractivity contribution is 5.70. The molecular formula is C70H113NO8. The monoisotopic (exact) mass is 1100 g/mol. The normalized spacial score (nSPS) is 13.8.